The lowest BCUT2D eigenvalue weighted by Gasteiger charge is -2.35. The van der Waals surface area contributed by atoms with Crippen molar-refractivity contribution in [3.63, 3.8) is 0 Å². The quantitative estimate of drug-likeness (QED) is 0.597. The van der Waals surface area contributed by atoms with Crippen molar-refractivity contribution in [2.24, 2.45) is 11.7 Å². The molecule has 0 aromatic carbocycles. The standard InChI is InChI=1S/C20H27N5/c21-9-2-1-5-15-6-4-12-25(14-15)18-8-11-23-20-19(18)16(13-24-20)17-7-3-10-22-17/h3,7-8,10-11,13,15,22H,1-2,4-6,9,12,14,21H2,(H,23,24). The van der Waals surface area contributed by atoms with Gasteiger partial charge in [-0.05, 0) is 56.3 Å². The van der Waals surface area contributed by atoms with Gasteiger partial charge in [0.1, 0.15) is 5.65 Å². The van der Waals surface area contributed by atoms with Crippen molar-refractivity contribution in [1.82, 2.24) is 15.0 Å². The molecule has 4 N–H and O–H groups in total. The Balaban J connectivity index is 1.63. The highest BCUT2D eigenvalue weighted by Crippen LogP contribution is 2.36. The van der Waals surface area contributed by atoms with Crippen molar-refractivity contribution in [3.05, 3.63) is 36.8 Å². The van der Waals surface area contributed by atoms with E-state index in [1.165, 1.54) is 42.3 Å². The molecule has 1 unspecified atom stereocenters. The van der Waals surface area contributed by atoms with Crippen LogP contribution in [0.15, 0.2) is 36.8 Å². The molecule has 4 rings (SSSR count). The number of pyridine rings is 1. The van der Waals surface area contributed by atoms with Crippen LogP contribution in [0.25, 0.3) is 22.3 Å². The Morgan fingerprint density at radius 2 is 2.20 bits per heavy atom. The normalized spacial score (nSPS) is 18.1. The first-order chi connectivity index (χ1) is 12.4. The molecule has 3 aromatic rings. The van der Waals surface area contributed by atoms with Gasteiger partial charge in [-0.1, -0.05) is 6.42 Å². The number of hydrogen-bond acceptors (Lipinski definition) is 3. The molecule has 1 fully saturated rings. The molecule has 0 bridgehead atoms. The predicted octanol–water partition coefficient (Wildman–Crippen LogP) is 3.90. The second kappa shape index (κ2) is 7.31. The average Bonchev–Trinajstić information content (AvgIpc) is 3.31. The van der Waals surface area contributed by atoms with E-state index in [0.29, 0.717) is 0 Å². The lowest BCUT2D eigenvalue weighted by Crippen LogP contribution is -2.35. The first-order valence-electron chi connectivity index (χ1n) is 9.41. The Morgan fingerprint density at radius 3 is 3.04 bits per heavy atom. The summed E-state index contributed by atoms with van der Waals surface area (Å²) in [6.07, 6.45) is 12.2. The molecule has 1 aliphatic rings. The fourth-order valence-corrected chi connectivity index (χ4v) is 4.11. The summed E-state index contributed by atoms with van der Waals surface area (Å²) in [5.41, 5.74) is 10.3. The second-order valence-electron chi connectivity index (χ2n) is 7.08. The van der Waals surface area contributed by atoms with Crippen molar-refractivity contribution < 1.29 is 0 Å². The third-order valence-electron chi connectivity index (χ3n) is 5.37. The maximum Gasteiger partial charge on any atom is 0.140 e. The summed E-state index contributed by atoms with van der Waals surface area (Å²) in [4.78, 5) is 13.8. The Labute approximate surface area is 148 Å². The fourth-order valence-electron chi connectivity index (χ4n) is 4.11. The molecule has 132 valence electrons. The number of aromatic nitrogens is 3. The second-order valence-corrected chi connectivity index (χ2v) is 7.08. The zero-order valence-corrected chi connectivity index (χ0v) is 14.7. The van der Waals surface area contributed by atoms with Crippen molar-refractivity contribution in [2.75, 3.05) is 24.5 Å². The molecular formula is C20H27N5. The number of nitrogens with zero attached hydrogens (tertiary/aromatic N) is 2. The Morgan fingerprint density at radius 1 is 1.24 bits per heavy atom. The van der Waals surface area contributed by atoms with E-state index in [-0.39, 0.29) is 0 Å². The third-order valence-corrected chi connectivity index (χ3v) is 5.37. The van der Waals surface area contributed by atoms with E-state index in [0.717, 1.165) is 43.3 Å². The van der Waals surface area contributed by atoms with Crippen LogP contribution in [0.5, 0.6) is 0 Å². The lowest BCUT2D eigenvalue weighted by molar-refractivity contribution is 0.380. The van der Waals surface area contributed by atoms with E-state index in [1.807, 2.05) is 18.5 Å². The molecule has 3 aromatic heterocycles. The smallest absolute Gasteiger partial charge is 0.140 e. The van der Waals surface area contributed by atoms with Gasteiger partial charge < -0.3 is 20.6 Å². The molecule has 0 spiro atoms. The maximum atomic E-state index is 5.65. The summed E-state index contributed by atoms with van der Waals surface area (Å²) < 4.78 is 0. The number of H-pyrrole nitrogens is 2. The minimum absolute atomic E-state index is 0.774. The summed E-state index contributed by atoms with van der Waals surface area (Å²) >= 11 is 0. The number of nitrogens with one attached hydrogen (secondary N) is 2. The number of anilines is 1. The van der Waals surface area contributed by atoms with Gasteiger partial charge in [-0.25, -0.2) is 4.98 Å². The first kappa shape index (κ1) is 16.2. The topological polar surface area (TPSA) is 73.7 Å². The molecule has 1 saturated heterocycles. The molecule has 0 radical (unpaired) electrons. The van der Waals surface area contributed by atoms with Gasteiger partial charge >= 0.3 is 0 Å². The number of fused-ring (bicyclic) bond motifs is 1. The lowest BCUT2D eigenvalue weighted by atomic mass is 9.92. The van der Waals surface area contributed by atoms with E-state index in [9.17, 15) is 0 Å². The summed E-state index contributed by atoms with van der Waals surface area (Å²) in [6.45, 7) is 3.07. The zero-order chi connectivity index (χ0) is 17.1. The number of unbranched alkanes of at least 4 members (excludes halogenated alkanes) is 1. The van der Waals surface area contributed by atoms with Gasteiger partial charge in [-0.2, -0.15) is 0 Å². The molecule has 25 heavy (non-hydrogen) atoms. The summed E-state index contributed by atoms with van der Waals surface area (Å²) in [5, 5.41) is 1.23. The van der Waals surface area contributed by atoms with Crippen LogP contribution in [0.1, 0.15) is 32.1 Å². The highest BCUT2D eigenvalue weighted by Gasteiger charge is 2.23. The van der Waals surface area contributed by atoms with Crippen LogP contribution in [-0.4, -0.2) is 34.6 Å². The molecule has 4 heterocycles. The van der Waals surface area contributed by atoms with Crippen LogP contribution < -0.4 is 10.6 Å². The van der Waals surface area contributed by atoms with E-state index in [1.54, 1.807) is 0 Å². The van der Waals surface area contributed by atoms with Crippen molar-refractivity contribution >= 4 is 16.7 Å². The van der Waals surface area contributed by atoms with E-state index in [2.05, 4.69) is 38.2 Å². The van der Waals surface area contributed by atoms with Crippen LogP contribution >= 0.6 is 0 Å². The highest BCUT2D eigenvalue weighted by atomic mass is 15.1. The van der Waals surface area contributed by atoms with Gasteiger partial charge in [0, 0.05) is 48.6 Å². The van der Waals surface area contributed by atoms with Gasteiger partial charge in [0.25, 0.3) is 0 Å². The van der Waals surface area contributed by atoms with E-state index in [4.69, 9.17) is 5.73 Å². The Bertz CT molecular complexity index is 805. The molecule has 5 heteroatoms. The largest absolute Gasteiger partial charge is 0.371 e. The van der Waals surface area contributed by atoms with Crippen LogP contribution in [0.4, 0.5) is 5.69 Å². The molecular weight excluding hydrogens is 310 g/mol. The van der Waals surface area contributed by atoms with Crippen LogP contribution in [0.3, 0.4) is 0 Å². The van der Waals surface area contributed by atoms with Crippen LogP contribution in [-0.2, 0) is 0 Å². The van der Waals surface area contributed by atoms with Gasteiger partial charge in [0.2, 0.25) is 0 Å². The van der Waals surface area contributed by atoms with Crippen molar-refractivity contribution in [2.45, 2.75) is 32.1 Å². The van der Waals surface area contributed by atoms with Crippen molar-refractivity contribution in [3.8, 4) is 11.3 Å². The zero-order valence-electron chi connectivity index (χ0n) is 14.7. The summed E-state index contributed by atoms with van der Waals surface area (Å²) in [7, 11) is 0. The third kappa shape index (κ3) is 3.29. The number of aromatic amines is 2. The number of piperidine rings is 1. The number of nitrogens with two attached hydrogens (primary N) is 1. The molecule has 5 nitrogen and oxygen atoms in total. The minimum atomic E-state index is 0.774. The monoisotopic (exact) mass is 337 g/mol. The van der Waals surface area contributed by atoms with Crippen molar-refractivity contribution in [1.29, 1.82) is 0 Å². The molecule has 0 amide bonds. The van der Waals surface area contributed by atoms with Gasteiger partial charge in [-0.3, -0.25) is 0 Å². The average molecular weight is 337 g/mol. The van der Waals surface area contributed by atoms with Crippen LogP contribution in [0, 0.1) is 5.92 Å². The Hall–Kier alpha value is -2.27. The molecule has 0 saturated carbocycles. The SMILES string of the molecule is NCCCCC1CCCN(c2ccnc3[nH]cc(-c4ccc[nH]4)c23)C1. The maximum absolute atomic E-state index is 5.65. The fraction of sp³-hybridized carbons (Fsp3) is 0.450. The molecule has 0 aliphatic carbocycles. The van der Waals surface area contributed by atoms with Gasteiger partial charge in [0.15, 0.2) is 0 Å². The molecule has 1 aliphatic heterocycles. The van der Waals surface area contributed by atoms with E-state index < -0.39 is 0 Å². The molecule has 1 atom stereocenters. The summed E-state index contributed by atoms with van der Waals surface area (Å²) in [6, 6.07) is 6.33. The van der Waals surface area contributed by atoms with Crippen LogP contribution in [0.2, 0.25) is 0 Å². The summed E-state index contributed by atoms with van der Waals surface area (Å²) in [5.74, 6) is 0.774. The predicted molar refractivity (Wildman–Crippen MR) is 104 cm³/mol. The first-order valence-corrected chi connectivity index (χ1v) is 9.41. The van der Waals surface area contributed by atoms with Gasteiger partial charge in [-0.15, -0.1) is 0 Å². The number of rotatable bonds is 6. The van der Waals surface area contributed by atoms with E-state index >= 15 is 0 Å². The number of hydrogen-bond donors (Lipinski definition) is 3. The highest BCUT2D eigenvalue weighted by molar-refractivity contribution is 6.01. The van der Waals surface area contributed by atoms with Gasteiger partial charge in [0.05, 0.1) is 5.39 Å². The Kier molecular flexibility index (Phi) is 4.74. The minimum Gasteiger partial charge on any atom is -0.371 e.